The topological polar surface area (TPSA) is 60.9 Å². The molecule has 1 aliphatic carbocycles. The summed E-state index contributed by atoms with van der Waals surface area (Å²) in [6, 6.07) is 10.2. The molecule has 6 heteroatoms. The number of para-hydroxylation sites is 1. The van der Waals surface area contributed by atoms with Crippen molar-refractivity contribution in [3.05, 3.63) is 42.5 Å². The highest BCUT2D eigenvalue weighted by molar-refractivity contribution is 6.05. The molecule has 6 nitrogen and oxygen atoms in total. The molecule has 3 amide bonds. The molecule has 0 spiro atoms. The Hall–Kier alpha value is -2.63. The number of likely N-dealkylation sites (tertiary alicyclic amines) is 1. The van der Waals surface area contributed by atoms with Crippen LogP contribution in [0.3, 0.4) is 0 Å². The number of anilines is 1. The smallest absolute Gasteiger partial charge is 0.233 e. The Bertz CT molecular complexity index is 727. The predicted molar refractivity (Wildman–Crippen MR) is 102 cm³/mol. The van der Waals surface area contributed by atoms with E-state index in [2.05, 4.69) is 17.0 Å². The third-order valence-corrected chi connectivity index (χ3v) is 5.90. The lowest BCUT2D eigenvalue weighted by atomic mass is 9.85. The van der Waals surface area contributed by atoms with Gasteiger partial charge >= 0.3 is 0 Å². The number of fused-ring (bicyclic) bond motifs is 1. The molecular formula is C21H25N3O3. The summed E-state index contributed by atoms with van der Waals surface area (Å²) in [4.78, 5) is 43.0. The second-order valence-electron chi connectivity index (χ2n) is 7.44. The van der Waals surface area contributed by atoms with E-state index < -0.39 is 0 Å². The first-order valence-electron chi connectivity index (χ1n) is 9.73. The fourth-order valence-electron chi connectivity index (χ4n) is 4.31. The first-order chi connectivity index (χ1) is 13.1. The Balaban J connectivity index is 1.28. The maximum atomic E-state index is 12.6. The molecule has 0 saturated carbocycles. The van der Waals surface area contributed by atoms with Crippen LogP contribution in [0.25, 0.3) is 0 Å². The number of carbonyl (C=O) groups excluding carboxylic acids is 3. The molecule has 1 aromatic rings. The van der Waals surface area contributed by atoms with Gasteiger partial charge in [0.05, 0.1) is 11.8 Å². The van der Waals surface area contributed by atoms with Gasteiger partial charge in [0.2, 0.25) is 17.7 Å². The van der Waals surface area contributed by atoms with E-state index >= 15 is 0 Å². The van der Waals surface area contributed by atoms with Gasteiger partial charge in [-0.15, -0.1) is 0 Å². The van der Waals surface area contributed by atoms with Gasteiger partial charge in [0.25, 0.3) is 0 Å². The lowest BCUT2D eigenvalue weighted by Gasteiger charge is -2.36. The summed E-state index contributed by atoms with van der Waals surface area (Å²) in [5.74, 6) is -0.609. The molecule has 3 aliphatic rings. The van der Waals surface area contributed by atoms with E-state index in [0.717, 1.165) is 13.1 Å². The molecule has 1 aromatic carbocycles. The average molecular weight is 367 g/mol. The first kappa shape index (κ1) is 17.8. The number of benzene rings is 1. The van der Waals surface area contributed by atoms with Crippen LogP contribution in [0, 0.1) is 11.8 Å². The Labute approximate surface area is 159 Å². The molecule has 2 saturated heterocycles. The minimum Gasteiger partial charge on any atom is -0.368 e. The van der Waals surface area contributed by atoms with Crippen molar-refractivity contribution < 1.29 is 14.4 Å². The van der Waals surface area contributed by atoms with Crippen LogP contribution in [0.2, 0.25) is 0 Å². The van der Waals surface area contributed by atoms with Crippen molar-refractivity contribution in [1.29, 1.82) is 0 Å². The van der Waals surface area contributed by atoms with Crippen LogP contribution in [0.15, 0.2) is 42.5 Å². The Morgan fingerprint density at radius 3 is 2.07 bits per heavy atom. The van der Waals surface area contributed by atoms with Crippen LogP contribution in [-0.2, 0) is 14.4 Å². The average Bonchev–Trinajstić information content (AvgIpc) is 2.97. The number of hydrogen-bond acceptors (Lipinski definition) is 4. The molecule has 0 N–H and O–H groups in total. The Morgan fingerprint density at radius 2 is 1.48 bits per heavy atom. The molecule has 4 rings (SSSR count). The fourth-order valence-corrected chi connectivity index (χ4v) is 4.31. The minimum absolute atomic E-state index is 0.0244. The van der Waals surface area contributed by atoms with Gasteiger partial charge in [-0.25, -0.2) is 0 Å². The number of allylic oxidation sites excluding steroid dienone is 2. The lowest BCUT2D eigenvalue weighted by molar-refractivity contribution is -0.140. The van der Waals surface area contributed by atoms with Crippen molar-refractivity contribution in [2.24, 2.45) is 11.8 Å². The maximum Gasteiger partial charge on any atom is 0.233 e. The monoisotopic (exact) mass is 367 g/mol. The van der Waals surface area contributed by atoms with Gasteiger partial charge in [0, 0.05) is 44.8 Å². The zero-order chi connectivity index (χ0) is 18.8. The molecule has 0 unspecified atom stereocenters. The third kappa shape index (κ3) is 3.48. The normalized spacial score (nSPS) is 25.1. The van der Waals surface area contributed by atoms with Crippen molar-refractivity contribution >= 4 is 23.4 Å². The number of nitrogens with zero attached hydrogens (tertiary/aromatic N) is 3. The molecule has 2 heterocycles. The predicted octanol–water partition coefficient (Wildman–Crippen LogP) is 1.68. The van der Waals surface area contributed by atoms with Gasteiger partial charge in [-0.1, -0.05) is 30.4 Å². The van der Waals surface area contributed by atoms with Gasteiger partial charge in [-0.05, 0) is 25.0 Å². The van der Waals surface area contributed by atoms with Crippen LogP contribution in [0.4, 0.5) is 5.69 Å². The van der Waals surface area contributed by atoms with E-state index in [1.54, 1.807) is 0 Å². The van der Waals surface area contributed by atoms with Crippen LogP contribution in [0.5, 0.6) is 0 Å². The summed E-state index contributed by atoms with van der Waals surface area (Å²) in [5.41, 5.74) is 1.18. The highest BCUT2D eigenvalue weighted by Crippen LogP contribution is 2.35. The Morgan fingerprint density at radius 1 is 0.889 bits per heavy atom. The molecule has 2 atom stereocenters. The lowest BCUT2D eigenvalue weighted by Crippen LogP contribution is -2.49. The molecule has 2 aliphatic heterocycles. The van der Waals surface area contributed by atoms with E-state index in [1.165, 1.54) is 10.6 Å². The van der Waals surface area contributed by atoms with Crippen LogP contribution < -0.4 is 4.90 Å². The number of carbonyl (C=O) groups is 3. The molecule has 0 bridgehead atoms. The SMILES string of the molecule is O=C(CCN1C(=O)[C@@H]2CC=CC[C@H]2C1=O)N1CCN(c2ccccc2)CC1. The van der Waals surface area contributed by atoms with E-state index in [4.69, 9.17) is 0 Å². The fraction of sp³-hybridized carbons (Fsp3) is 0.476. The van der Waals surface area contributed by atoms with Gasteiger partial charge in [-0.3, -0.25) is 19.3 Å². The van der Waals surface area contributed by atoms with Crippen LogP contribution in [0.1, 0.15) is 19.3 Å². The zero-order valence-electron chi connectivity index (χ0n) is 15.4. The molecule has 0 aromatic heterocycles. The van der Waals surface area contributed by atoms with E-state index in [1.807, 2.05) is 35.3 Å². The summed E-state index contributed by atoms with van der Waals surface area (Å²) in [6.45, 7) is 3.15. The zero-order valence-corrected chi connectivity index (χ0v) is 15.4. The molecule has 0 radical (unpaired) electrons. The first-order valence-corrected chi connectivity index (χ1v) is 9.73. The molecule has 2 fully saturated rings. The van der Waals surface area contributed by atoms with Gasteiger partial charge in [0.15, 0.2) is 0 Å². The van der Waals surface area contributed by atoms with Crippen molar-refractivity contribution in [2.45, 2.75) is 19.3 Å². The number of imide groups is 1. The summed E-state index contributed by atoms with van der Waals surface area (Å²) in [7, 11) is 0. The number of rotatable bonds is 4. The third-order valence-electron chi connectivity index (χ3n) is 5.90. The summed E-state index contributed by atoms with van der Waals surface area (Å²) in [6.07, 6.45) is 5.46. The summed E-state index contributed by atoms with van der Waals surface area (Å²) in [5, 5.41) is 0. The van der Waals surface area contributed by atoms with Crippen molar-refractivity contribution in [3.8, 4) is 0 Å². The quantitative estimate of drug-likeness (QED) is 0.600. The maximum absolute atomic E-state index is 12.6. The second kappa shape index (κ2) is 7.55. The van der Waals surface area contributed by atoms with Crippen LogP contribution >= 0.6 is 0 Å². The summed E-state index contributed by atoms with van der Waals surface area (Å²) < 4.78 is 0. The highest BCUT2D eigenvalue weighted by atomic mass is 16.2. The molecule has 27 heavy (non-hydrogen) atoms. The summed E-state index contributed by atoms with van der Waals surface area (Å²) >= 11 is 0. The number of amides is 3. The molecule has 142 valence electrons. The van der Waals surface area contributed by atoms with Crippen molar-refractivity contribution in [1.82, 2.24) is 9.80 Å². The van der Waals surface area contributed by atoms with E-state index in [9.17, 15) is 14.4 Å². The van der Waals surface area contributed by atoms with Gasteiger partial charge in [-0.2, -0.15) is 0 Å². The number of piperazine rings is 1. The second-order valence-corrected chi connectivity index (χ2v) is 7.44. The Kier molecular flexibility index (Phi) is 4.97. The standard InChI is InChI=1S/C21H25N3O3/c25-19(23-14-12-22(13-15-23)16-6-2-1-3-7-16)10-11-24-20(26)17-8-4-5-9-18(17)21(24)27/h1-7,17-18H,8-15H2/t17-,18-/m1/s1. The largest absolute Gasteiger partial charge is 0.368 e. The van der Waals surface area contributed by atoms with Crippen molar-refractivity contribution in [3.63, 3.8) is 0 Å². The minimum atomic E-state index is -0.216. The van der Waals surface area contributed by atoms with E-state index in [-0.39, 0.29) is 42.5 Å². The van der Waals surface area contributed by atoms with Gasteiger partial charge in [0.1, 0.15) is 0 Å². The molecular weight excluding hydrogens is 342 g/mol. The number of hydrogen-bond donors (Lipinski definition) is 0. The van der Waals surface area contributed by atoms with E-state index in [0.29, 0.717) is 25.9 Å². The van der Waals surface area contributed by atoms with Crippen molar-refractivity contribution in [2.75, 3.05) is 37.6 Å². The van der Waals surface area contributed by atoms with Gasteiger partial charge < -0.3 is 9.80 Å². The van der Waals surface area contributed by atoms with Crippen LogP contribution in [-0.4, -0.2) is 60.2 Å². The highest BCUT2D eigenvalue weighted by Gasteiger charge is 2.47.